The van der Waals surface area contributed by atoms with Crippen LogP contribution in [-0.2, 0) is 11.3 Å². The van der Waals surface area contributed by atoms with Crippen LogP contribution < -0.4 is 0 Å². The second-order valence-corrected chi connectivity index (χ2v) is 6.35. The molecule has 1 fully saturated rings. The number of aromatic nitrogens is 2. The molecule has 1 aliphatic heterocycles. The Bertz CT molecular complexity index is 656. The first-order chi connectivity index (χ1) is 10.3. The molecule has 6 nitrogen and oxygen atoms in total. The van der Waals surface area contributed by atoms with Crippen LogP contribution in [0.5, 0.6) is 0 Å². The van der Waals surface area contributed by atoms with E-state index in [2.05, 4.69) is 11.2 Å². The third-order valence-electron chi connectivity index (χ3n) is 4.34. The monoisotopic (exact) mass is 302 g/mol. The molecule has 0 radical (unpaired) electrons. The number of nitrogens with zero attached hydrogens (tertiary/aromatic N) is 4. The standard InChI is InChI=1S/C16H22N4O2/c1-11-15(13(3)21)12(2)20(18-11)8-14(22)19-7-5-6-16(4,9-17)10-19/h5-8,10H2,1-4H3/t16-/m1/s1. The van der Waals surface area contributed by atoms with Gasteiger partial charge in [0.2, 0.25) is 5.91 Å². The number of rotatable bonds is 3. The molecule has 0 aromatic carbocycles. The SMILES string of the molecule is CC(=O)c1c(C)nn(CC(=O)N2CCC[C@](C)(C#N)C2)c1C. The Morgan fingerprint density at radius 2 is 2.09 bits per heavy atom. The first kappa shape index (κ1) is 16.2. The van der Waals surface area contributed by atoms with Crippen LogP contribution in [0.3, 0.4) is 0 Å². The van der Waals surface area contributed by atoms with Gasteiger partial charge in [0.05, 0.1) is 22.7 Å². The Morgan fingerprint density at radius 1 is 1.41 bits per heavy atom. The lowest BCUT2D eigenvalue weighted by atomic mass is 9.83. The normalized spacial score (nSPS) is 21.5. The molecule has 118 valence electrons. The highest BCUT2D eigenvalue weighted by Crippen LogP contribution is 2.28. The molecule has 22 heavy (non-hydrogen) atoms. The van der Waals surface area contributed by atoms with E-state index in [0.717, 1.165) is 18.5 Å². The van der Waals surface area contributed by atoms with Crippen molar-refractivity contribution in [1.29, 1.82) is 5.26 Å². The van der Waals surface area contributed by atoms with E-state index >= 15 is 0 Å². The molecule has 0 saturated carbocycles. The summed E-state index contributed by atoms with van der Waals surface area (Å²) in [6.45, 7) is 8.23. The number of ketones is 1. The molecule has 1 saturated heterocycles. The molecular weight excluding hydrogens is 280 g/mol. The second-order valence-electron chi connectivity index (χ2n) is 6.35. The van der Waals surface area contributed by atoms with E-state index in [9.17, 15) is 14.9 Å². The summed E-state index contributed by atoms with van der Waals surface area (Å²) in [5.74, 6) is -0.0920. The van der Waals surface area contributed by atoms with E-state index in [-0.39, 0.29) is 18.2 Å². The number of hydrogen-bond donors (Lipinski definition) is 0. The Labute approximate surface area is 130 Å². The minimum absolute atomic E-state index is 0.0382. The van der Waals surface area contributed by atoms with Gasteiger partial charge >= 0.3 is 0 Å². The van der Waals surface area contributed by atoms with Crippen LogP contribution in [0.25, 0.3) is 0 Å². The Kier molecular flexibility index (Phi) is 4.36. The summed E-state index contributed by atoms with van der Waals surface area (Å²) in [5, 5.41) is 13.5. The highest BCUT2D eigenvalue weighted by atomic mass is 16.2. The van der Waals surface area contributed by atoms with Crippen molar-refractivity contribution in [3.05, 3.63) is 17.0 Å². The van der Waals surface area contributed by atoms with Crippen LogP contribution >= 0.6 is 0 Å². The van der Waals surface area contributed by atoms with Crippen LogP contribution in [-0.4, -0.2) is 39.5 Å². The Balaban J connectivity index is 2.15. The molecular formula is C16H22N4O2. The van der Waals surface area contributed by atoms with E-state index in [4.69, 9.17) is 0 Å². The van der Waals surface area contributed by atoms with E-state index in [1.165, 1.54) is 6.92 Å². The summed E-state index contributed by atoms with van der Waals surface area (Å²) in [5.41, 5.74) is 1.50. The number of amides is 1. The van der Waals surface area contributed by atoms with Crippen molar-refractivity contribution < 1.29 is 9.59 Å². The highest BCUT2D eigenvalue weighted by Gasteiger charge is 2.33. The number of piperidine rings is 1. The van der Waals surface area contributed by atoms with Crippen LogP contribution in [0, 0.1) is 30.6 Å². The van der Waals surface area contributed by atoms with Crippen molar-refractivity contribution in [2.24, 2.45) is 5.41 Å². The average Bonchev–Trinajstić information content (AvgIpc) is 2.73. The number of nitriles is 1. The lowest BCUT2D eigenvalue weighted by Crippen LogP contribution is -2.45. The Hall–Kier alpha value is -2.16. The van der Waals surface area contributed by atoms with Crippen molar-refractivity contribution >= 4 is 11.7 Å². The topological polar surface area (TPSA) is 79.0 Å². The summed E-state index contributed by atoms with van der Waals surface area (Å²) >= 11 is 0. The van der Waals surface area contributed by atoms with Crippen LogP contribution in [0.15, 0.2) is 0 Å². The van der Waals surface area contributed by atoms with E-state index in [1.54, 1.807) is 23.4 Å². The minimum atomic E-state index is -0.465. The average molecular weight is 302 g/mol. The van der Waals surface area contributed by atoms with Crippen LogP contribution in [0.4, 0.5) is 0 Å². The number of carbonyl (C=O) groups is 2. The third-order valence-corrected chi connectivity index (χ3v) is 4.34. The predicted molar refractivity (Wildman–Crippen MR) is 81.2 cm³/mol. The van der Waals surface area contributed by atoms with Crippen LogP contribution in [0.1, 0.15) is 48.4 Å². The minimum Gasteiger partial charge on any atom is -0.340 e. The highest BCUT2D eigenvalue weighted by molar-refractivity contribution is 5.96. The zero-order chi connectivity index (χ0) is 16.5. The zero-order valence-corrected chi connectivity index (χ0v) is 13.6. The van der Waals surface area contributed by atoms with Gasteiger partial charge in [0.1, 0.15) is 6.54 Å². The summed E-state index contributed by atoms with van der Waals surface area (Å²) in [6, 6.07) is 2.31. The molecule has 0 aliphatic carbocycles. The third kappa shape index (κ3) is 3.03. The van der Waals surface area contributed by atoms with Crippen molar-refractivity contribution in [2.45, 2.75) is 47.1 Å². The molecule has 6 heteroatoms. The van der Waals surface area contributed by atoms with Gasteiger partial charge in [0.15, 0.2) is 5.78 Å². The van der Waals surface area contributed by atoms with Crippen molar-refractivity contribution in [3.63, 3.8) is 0 Å². The molecule has 1 aromatic rings. The molecule has 0 bridgehead atoms. The largest absolute Gasteiger partial charge is 0.340 e. The smallest absolute Gasteiger partial charge is 0.244 e. The number of Topliss-reactive ketones (excluding diaryl/α,β-unsaturated/α-hetero) is 1. The number of likely N-dealkylation sites (tertiary alicyclic amines) is 1. The summed E-state index contributed by atoms with van der Waals surface area (Å²) in [6.07, 6.45) is 1.66. The van der Waals surface area contributed by atoms with Gasteiger partial charge in [0, 0.05) is 18.8 Å². The van der Waals surface area contributed by atoms with E-state index < -0.39 is 5.41 Å². The maximum Gasteiger partial charge on any atom is 0.244 e. The van der Waals surface area contributed by atoms with Gasteiger partial charge in [-0.2, -0.15) is 10.4 Å². The molecule has 1 aliphatic rings. The molecule has 2 rings (SSSR count). The molecule has 0 N–H and O–H groups in total. The summed E-state index contributed by atoms with van der Waals surface area (Å²) < 4.78 is 1.59. The molecule has 0 unspecified atom stereocenters. The Morgan fingerprint density at radius 3 is 2.64 bits per heavy atom. The van der Waals surface area contributed by atoms with E-state index in [1.807, 2.05) is 6.92 Å². The maximum absolute atomic E-state index is 12.5. The van der Waals surface area contributed by atoms with Gasteiger partial charge in [-0.15, -0.1) is 0 Å². The quantitative estimate of drug-likeness (QED) is 0.798. The van der Waals surface area contributed by atoms with Crippen molar-refractivity contribution in [2.75, 3.05) is 13.1 Å². The van der Waals surface area contributed by atoms with Gasteiger partial charge in [-0.1, -0.05) is 0 Å². The lowest BCUT2D eigenvalue weighted by molar-refractivity contribution is -0.134. The fraction of sp³-hybridized carbons (Fsp3) is 0.625. The van der Waals surface area contributed by atoms with E-state index in [0.29, 0.717) is 24.3 Å². The van der Waals surface area contributed by atoms with Gasteiger partial charge in [-0.3, -0.25) is 14.3 Å². The van der Waals surface area contributed by atoms with Gasteiger partial charge in [-0.05, 0) is 40.5 Å². The number of hydrogen-bond acceptors (Lipinski definition) is 4. The summed E-state index contributed by atoms with van der Waals surface area (Å²) in [7, 11) is 0. The zero-order valence-electron chi connectivity index (χ0n) is 13.6. The number of aryl methyl sites for hydroxylation is 1. The summed E-state index contributed by atoms with van der Waals surface area (Å²) in [4.78, 5) is 25.8. The van der Waals surface area contributed by atoms with Crippen molar-refractivity contribution in [1.82, 2.24) is 14.7 Å². The number of carbonyl (C=O) groups excluding carboxylic acids is 2. The fourth-order valence-corrected chi connectivity index (χ4v) is 3.13. The molecule has 1 aromatic heterocycles. The van der Waals surface area contributed by atoms with Gasteiger partial charge < -0.3 is 4.90 Å². The van der Waals surface area contributed by atoms with Gasteiger partial charge in [-0.25, -0.2) is 0 Å². The predicted octanol–water partition coefficient (Wildman–Crippen LogP) is 1.85. The van der Waals surface area contributed by atoms with Crippen molar-refractivity contribution in [3.8, 4) is 6.07 Å². The fourth-order valence-electron chi connectivity index (χ4n) is 3.13. The maximum atomic E-state index is 12.5. The molecule has 1 amide bonds. The second kappa shape index (κ2) is 5.91. The first-order valence-electron chi connectivity index (χ1n) is 7.51. The molecule has 2 heterocycles. The lowest BCUT2D eigenvalue weighted by Gasteiger charge is -2.36. The molecule has 0 spiro atoms. The molecule has 1 atom stereocenters. The first-order valence-corrected chi connectivity index (χ1v) is 7.51. The van der Waals surface area contributed by atoms with Crippen LogP contribution in [0.2, 0.25) is 0 Å². The van der Waals surface area contributed by atoms with Gasteiger partial charge in [0.25, 0.3) is 0 Å².